The number of benzene rings is 2. The molecule has 4 aromatic rings. The van der Waals surface area contributed by atoms with Crippen molar-refractivity contribution >= 4 is 44.7 Å². The molecule has 0 saturated carbocycles. The van der Waals surface area contributed by atoms with Crippen molar-refractivity contribution in [2.24, 2.45) is 0 Å². The second-order valence-electron chi connectivity index (χ2n) is 6.76. The monoisotopic (exact) mass is 455 g/mol. The number of nitrogens with one attached hydrogen (secondary N) is 1. The number of methoxy groups -OCH3 is 1. The fourth-order valence-corrected chi connectivity index (χ4v) is 4.28. The molecular formula is C22H18ClN3O4S. The molecular weight excluding hydrogens is 438 g/mol. The van der Waals surface area contributed by atoms with Crippen LogP contribution in [0.4, 0.5) is 5.69 Å². The number of anilines is 1. The fourth-order valence-electron chi connectivity index (χ4n) is 3.31. The quantitative estimate of drug-likeness (QED) is 0.482. The molecule has 0 atom stereocenters. The summed E-state index contributed by atoms with van der Waals surface area (Å²) >= 11 is 7.11. The van der Waals surface area contributed by atoms with Gasteiger partial charge in [0, 0.05) is 16.3 Å². The summed E-state index contributed by atoms with van der Waals surface area (Å²) in [5, 5.41) is 5.02. The Morgan fingerprint density at radius 1 is 1.06 bits per heavy atom. The molecule has 0 spiro atoms. The van der Waals surface area contributed by atoms with E-state index in [1.165, 1.54) is 23.0 Å². The molecule has 0 aliphatic heterocycles. The molecule has 2 heterocycles. The summed E-state index contributed by atoms with van der Waals surface area (Å²) in [4.78, 5) is 38.8. The van der Waals surface area contributed by atoms with Crippen molar-refractivity contribution in [3.05, 3.63) is 91.4 Å². The lowest BCUT2D eigenvalue weighted by Gasteiger charge is -2.14. The number of thiophene rings is 1. The topological polar surface area (TPSA) is 82.3 Å². The van der Waals surface area contributed by atoms with E-state index in [1.807, 2.05) is 12.1 Å². The largest absolute Gasteiger partial charge is 0.496 e. The van der Waals surface area contributed by atoms with Crippen LogP contribution >= 0.6 is 22.9 Å². The minimum atomic E-state index is -0.562. The van der Waals surface area contributed by atoms with Gasteiger partial charge in [0.2, 0.25) is 5.91 Å². The highest BCUT2D eigenvalue weighted by atomic mass is 35.5. The van der Waals surface area contributed by atoms with Crippen molar-refractivity contribution < 1.29 is 9.53 Å². The van der Waals surface area contributed by atoms with Crippen LogP contribution in [0.5, 0.6) is 5.75 Å². The van der Waals surface area contributed by atoms with E-state index < -0.39 is 11.2 Å². The maximum absolute atomic E-state index is 13.2. The summed E-state index contributed by atoms with van der Waals surface area (Å²) in [7, 11) is 1.53. The van der Waals surface area contributed by atoms with E-state index in [4.69, 9.17) is 16.3 Å². The Kier molecular flexibility index (Phi) is 5.92. The zero-order valence-electron chi connectivity index (χ0n) is 16.5. The van der Waals surface area contributed by atoms with Gasteiger partial charge >= 0.3 is 5.69 Å². The van der Waals surface area contributed by atoms with Crippen LogP contribution in [0.15, 0.2) is 69.6 Å². The van der Waals surface area contributed by atoms with Crippen LogP contribution in [0.2, 0.25) is 5.02 Å². The Hall–Kier alpha value is -3.36. The van der Waals surface area contributed by atoms with Crippen LogP contribution in [0.1, 0.15) is 5.56 Å². The normalized spacial score (nSPS) is 10.9. The molecule has 0 aliphatic rings. The van der Waals surface area contributed by atoms with Gasteiger partial charge in [0.05, 0.1) is 19.2 Å². The molecule has 9 heteroatoms. The number of aromatic nitrogens is 2. The third-order valence-corrected chi connectivity index (χ3v) is 5.93. The molecule has 1 amide bonds. The van der Waals surface area contributed by atoms with Gasteiger partial charge in [-0.05, 0) is 41.8 Å². The molecule has 0 unspecified atom stereocenters. The molecule has 0 bridgehead atoms. The lowest BCUT2D eigenvalue weighted by Crippen LogP contribution is -2.41. The van der Waals surface area contributed by atoms with Gasteiger partial charge in [0.1, 0.15) is 17.0 Å². The Morgan fingerprint density at radius 3 is 2.55 bits per heavy atom. The summed E-state index contributed by atoms with van der Waals surface area (Å²) in [6, 6.07) is 15.5. The predicted octanol–water partition coefficient (Wildman–Crippen LogP) is 3.57. The summed E-state index contributed by atoms with van der Waals surface area (Å²) in [6.07, 6.45) is 0. The van der Waals surface area contributed by atoms with Crippen LogP contribution in [0.25, 0.3) is 10.2 Å². The lowest BCUT2D eigenvalue weighted by molar-refractivity contribution is -0.116. The first kappa shape index (κ1) is 20.9. The molecule has 2 aromatic heterocycles. The van der Waals surface area contributed by atoms with Crippen molar-refractivity contribution in [1.82, 2.24) is 9.13 Å². The number of hydrogen-bond acceptors (Lipinski definition) is 5. The van der Waals surface area contributed by atoms with Gasteiger partial charge in [0.15, 0.2) is 0 Å². The summed E-state index contributed by atoms with van der Waals surface area (Å²) in [5.41, 5.74) is 0.731. The molecule has 0 saturated heterocycles. The molecule has 2 aromatic carbocycles. The molecule has 7 nitrogen and oxygen atoms in total. The highest BCUT2D eigenvalue weighted by Crippen LogP contribution is 2.19. The minimum absolute atomic E-state index is 0.0360. The van der Waals surface area contributed by atoms with Crippen molar-refractivity contribution in [3.8, 4) is 5.75 Å². The van der Waals surface area contributed by atoms with Crippen molar-refractivity contribution in [2.45, 2.75) is 13.1 Å². The van der Waals surface area contributed by atoms with E-state index in [-0.39, 0.29) is 19.0 Å². The second kappa shape index (κ2) is 8.79. The van der Waals surface area contributed by atoms with Gasteiger partial charge < -0.3 is 10.1 Å². The predicted molar refractivity (Wildman–Crippen MR) is 123 cm³/mol. The van der Waals surface area contributed by atoms with Gasteiger partial charge in [-0.25, -0.2) is 4.79 Å². The number of fused-ring (bicyclic) bond motifs is 1. The van der Waals surface area contributed by atoms with Gasteiger partial charge in [-0.3, -0.25) is 18.7 Å². The van der Waals surface area contributed by atoms with Crippen molar-refractivity contribution in [1.29, 1.82) is 0 Å². The summed E-state index contributed by atoms with van der Waals surface area (Å²) in [6.45, 7) is -0.199. The van der Waals surface area contributed by atoms with Gasteiger partial charge in [-0.1, -0.05) is 29.8 Å². The first-order valence-corrected chi connectivity index (χ1v) is 10.6. The van der Waals surface area contributed by atoms with E-state index in [0.717, 1.165) is 4.57 Å². The molecule has 1 N–H and O–H groups in total. The molecule has 0 aliphatic carbocycles. The van der Waals surface area contributed by atoms with E-state index in [1.54, 1.807) is 47.8 Å². The highest BCUT2D eigenvalue weighted by molar-refractivity contribution is 7.17. The maximum atomic E-state index is 13.2. The minimum Gasteiger partial charge on any atom is -0.496 e. The van der Waals surface area contributed by atoms with Gasteiger partial charge in [-0.15, -0.1) is 11.3 Å². The van der Waals surface area contributed by atoms with Crippen LogP contribution < -0.4 is 21.3 Å². The van der Waals surface area contributed by atoms with E-state index in [9.17, 15) is 14.4 Å². The number of carbonyl (C=O) groups is 1. The number of halogens is 1. The SMILES string of the molecule is COc1ccccc1Cn1c(=O)c2sccc2n(CC(=O)Nc2ccc(Cl)cc2)c1=O. The van der Waals surface area contributed by atoms with E-state index >= 15 is 0 Å². The Bertz CT molecular complexity index is 1370. The van der Waals surface area contributed by atoms with Crippen LogP contribution in [0.3, 0.4) is 0 Å². The molecule has 31 heavy (non-hydrogen) atoms. The Labute approximate surface area is 186 Å². The van der Waals surface area contributed by atoms with Crippen LogP contribution in [-0.4, -0.2) is 22.2 Å². The number of hydrogen-bond donors (Lipinski definition) is 1. The average molecular weight is 456 g/mol. The third kappa shape index (κ3) is 4.26. The number of rotatable bonds is 6. The zero-order chi connectivity index (χ0) is 22.0. The molecule has 0 fully saturated rings. The zero-order valence-corrected chi connectivity index (χ0v) is 18.1. The second-order valence-corrected chi connectivity index (χ2v) is 8.11. The first-order chi connectivity index (χ1) is 15.0. The highest BCUT2D eigenvalue weighted by Gasteiger charge is 2.17. The van der Waals surface area contributed by atoms with Crippen molar-refractivity contribution in [2.75, 3.05) is 12.4 Å². The Morgan fingerprint density at radius 2 is 1.81 bits per heavy atom. The first-order valence-electron chi connectivity index (χ1n) is 9.36. The number of ether oxygens (including phenoxy) is 1. The summed E-state index contributed by atoms with van der Waals surface area (Å²) < 4.78 is 8.20. The maximum Gasteiger partial charge on any atom is 0.332 e. The number of nitrogens with zero attached hydrogens (tertiary/aromatic N) is 2. The lowest BCUT2D eigenvalue weighted by atomic mass is 10.2. The smallest absolute Gasteiger partial charge is 0.332 e. The summed E-state index contributed by atoms with van der Waals surface area (Å²) in [5.74, 6) is 0.187. The molecule has 0 radical (unpaired) electrons. The number of amides is 1. The average Bonchev–Trinajstić information content (AvgIpc) is 3.26. The number of carbonyl (C=O) groups excluding carboxylic acids is 1. The van der Waals surface area contributed by atoms with E-state index in [0.29, 0.717) is 32.2 Å². The Balaban J connectivity index is 1.72. The van der Waals surface area contributed by atoms with Gasteiger partial charge in [-0.2, -0.15) is 0 Å². The van der Waals surface area contributed by atoms with Crippen LogP contribution in [0, 0.1) is 0 Å². The molecule has 158 valence electrons. The van der Waals surface area contributed by atoms with Crippen molar-refractivity contribution in [3.63, 3.8) is 0 Å². The van der Waals surface area contributed by atoms with E-state index in [2.05, 4.69) is 5.32 Å². The van der Waals surface area contributed by atoms with Gasteiger partial charge in [0.25, 0.3) is 5.56 Å². The third-order valence-electron chi connectivity index (χ3n) is 4.79. The fraction of sp³-hybridized carbons (Fsp3) is 0.136. The van der Waals surface area contributed by atoms with Crippen LogP contribution in [-0.2, 0) is 17.9 Å². The standard InChI is InChI=1S/C22H18ClN3O4S/c1-30-18-5-3-2-4-14(18)12-26-21(28)20-17(10-11-31-20)25(22(26)29)13-19(27)24-16-8-6-15(23)7-9-16/h2-11H,12-13H2,1H3,(H,24,27). The molecule has 4 rings (SSSR count). The number of para-hydroxylation sites is 1.